The van der Waals surface area contributed by atoms with Gasteiger partial charge in [0.25, 0.3) is 5.91 Å². The van der Waals surface area contributed by atoms with Gasteiger partial charge in [0.15, 0.2) is 5.13 Å². The standard InChI is InChI=1S/C14H22N4OS/c1-8(2)16-14-17-12(15)11(20-14)13(19)18-6-9-4-3-5-10(9)7-18/h8-10H,3-7,15H2,1-2H3,(H,16,17). The minimum absolute atomic E-state index is 0.0613. The molecule has 6 heteroatoms. The van der Waals surface area contributed by atoms with E-state index in [9.17, 15) is 4.79 Å². The van der Waals surface area contributed by atoms with Crippen LogP contribution >= 0.6 is 11.3 Å². The summed E-state index contributed by atoms with van der Waals surface area (Å²) in [5.41, 5.74) is 5.91. The lowest BCUT2D eigenvalue weighted by Crippen LogP contribution is -2.29. The van der Waals surface area contributed by atoms with Crippen LogP contribution in [0.15, 0.2) is 0 Å². The minimum Gasteiger partial charge on any atom is -0.382 e. The van der Waals surface area contributed by atoms with Crippen molar-refractivity contribution < 1.29 is 4.79 Å². The summed E-state index contributed by atoms with van der Waals surface area (Å²) in [5.74, 6) is 1.84. The first kappa shape index (κ1) is 13.7. The molecule has 110 valence electrons. The van der Waals surface area contributed by atoms with E-state index in [1.165, 1.54) is 30.6 Å². The number of nitrogen functional groups attached to an aromatic ring is 1. The smallest absolute Gasteiger partial charge is 0.267 e. The van der Waals surface area contributed by atoms with Crippen LogP contribution in [0.25, 0.3) is 0 Å². The van der Waals surface area contributed by atoms with Gasteiger partial charge in [-0.1, -0.05) is 17.8 Å². The van der Waals surface area contributed by atoms with E-state index in [4.69, 9.17) is 5.73 Å². The largest absolute Gasteiger partial charge is 0.382 e. The van der Waals surface area contributed by atoms with Crippen LogP contribution in [-0.4, -0.2) is 34.9 Å². The zero-order valence-corrected chi connectivity index (χ0v) is 12.9. The zero-order valence-electron chi connectivity index (χ0n) is 12.1. The highest BCUT2D eigenvalue weighted by Crippen LogP contribution is 2.39. The molecular formula is C14H22N4OS. The summed E-state index contributed by atoms with van der Waals surface area (Å²) in [6.07, 6.45) is 3.86. The first-order valence-electron chi connectivity index (χ1n) is 7.36. The van der Waals surface area contributed by atoms with Crippen molar-refractivity contribution in [2.75, 3.05) is 24.1 Å². The van der Waals surface area contributed by atoms with Crippen molar-refractivity contribution in [3.05, 3.63) is 4.88 Å². The fourth-order valence-corrected chi connectivity index (χ4v) is 4.34. The molecule has 0 radical (unpaired) electrons. The molecule has 1 saturated carbocycles. The van der Waals surface area contributed by atoms with E-state index in [1.807, 2.05) is 18.7 Å². The number of nitrogens with two attached hydrogens (primary N) is 1. The van der Waals surface area contributed by atoms with Gasteiger partial charge in [0, 0.05) is 19.1 Å². The number of fused-ring (bicyclic) bond motifs is 1. The van der Waals surface area contributed by atoms with Gasteiger partial charge in [-0.15, -0.1) is 0 Å². The number of thiazole rings is 1. The van der Waals surface area contributed by atoms with E-state index >= 15 is 0 Å². The quantitative estimate of drug-likeness (QED) is 0.898. The summed E-state index contributed by atoms with van der Waals surface area (Å²) in [7, 11) is 0. The Labute approximate surface area is 123 Å². The molecule has 1 saturated heterocycles. The highest BCUT2D eigenvalue weighted by molar-refractivity contribution is 7.18. The summed E-state index contributed by atoms with van der Waals surface area (Å²) in [6.45, 7) is 5.88. The van der Waals surface area contributed by atoms with Gasteiger partial charge in [0.05, 0.1) is 0 Å². The summed E-state index contributed by atoms with van der Waals surface area (Å²) in [6, 6.07) is 0.287. The van der Waals surface area contributed by atoms with Gasteiger partial charge in [0.1, 0.15) is 10.7 Å². The van der Waals surface area contributed by atoms with Crippen molar-refractivity contribution >= 4 is 28.2 Å². The van der Waals surface area contributed by atoms with Crippen LogP contribution in [0.1, 0.15) is 42.8 Å². The third-order valence-corrected chi connectivity index (χ3v) is 5.26. The molecule has 20 heavy (non-hydrogen) atoms. The van der Waals surface area contributed by atoms with Crippen LogP contribution in [0.4, 0.5) is 10.9 Å². The van der Waals surface area contributed by atoms with Crippen molar-refractivity contribution in [1.82, 2.24) is 9.88 Å². The average Bonchev–Trinajstić information content (AvgIpc) is 3.01. The lowest BCUT2D eigenvalue weighted by atomic mass is 10.0. The second-order valence-electron chi connectivity index (χ2n) is 6.19. The van der Waals surface area contributed by atoms with E-state index in [1.54, 1.807) is 0 Å². The third-order valence-electron chi connectivity index (χ3n) is 4.27. The number of aromatic nitrogens is 1. The van der Waals surface area contributed by atoms with Crippen LogP contribution in [0.2, 0.25) is 0 Å². The number of carbonyl (C=O) groups excluding carboxylic acids is 1. The van der Waals surface area contributed by atoms with E-state index in [0.29, 0.717) is 22.5 Å². The summed E-state index contributed by atoms with van der Waals surface area (Å²) in [4.78, 5) is 19.4. The second-order valence-corrected chi connectivity index (χ2v) is 7.19. The van der Waals surface area contributed by atoms with E-state index in [-0.39, 0.29) is 11.9 Å². The van der Waals surface area contributed by atoms with Crippen LogP contribution < -0.4 is 11.1 Å². The van der Waals surface area contributed by atoms with Crippen LogP contribution in [0, 0.1) is 11.8 Å². The first-order chi connectivity index (χ1) is 9.54. The molecule has 1 aliphatic heterocycles. The maximum atomic E-state index is 12.6. The van der Waals surface area contributed by atoms with E-state index in [2.05, 4.69) is 10.3 Å². The SMILES string of the molecule is CC(C)Nc1nc(N)c(C(=O)N2CC3CCCC3C2)s1. The Hall–Kier alpha value is -1.30. The number of likely N-dealkylation sites (tertiary alicyclic amines) is 1. The van der Waals surface area contributed by atoms with Crippen LogP contribution in [0.5, 0.6) is 0 Å². The molecule has 1 aliphatic carbocycles. The molecule has 3 rings (SSSR count). The van der Waals surface area contributed by atoms with Gasteiger partial charge in [-0.05, 0) is 38.5 Å². The Bertz CT molecular complexity index is 501. The van der Waals surface area contributed by atoms with E-state index < -0.39 is 0 Å². The average molecular weight is 294 g/mol. The zero-order chi connectivity index (χ0) is 14.3. The summed E-state index contributed by atoms with van der Waals surface area (Å²) < 4.78 is 0. The van der Waals surface area contributed by atoms with Gasteiger partial charge < -0.3 is 16.0 Å². The van der Waals surface area contributed by atoms with Crippen molar-refractivity contribution in [3.8, 4) is 0 Å². The molecule has 2 aliphatic rings. The molecule has 3 N–H and O–H groups in total. The summed E-state index contributed by atoms with van der Waals surface area (Å²) >= 11 is 1.37. The lowest BCUT2D eigenvalue weighted by molar-refractivity contribution is 0.0786. The molecule has 2 atom stereocenters. The number of rotatable bonds is 3. The van der Waals surface area contributed by atoms with Gasteiger partial charge in [0.2, 0.25) is 0 Å². The predicted molar refractivity (Wildman–Crippen MR) is 82.0 cm³/mol. The van der Waals surface area contributed by atoms with Gasteiger partial charge >= 0.3 is 0 Å². The van der Waals surface area contributed by atoms with Crippen molar-refractivity contribution in [1.29, 1.82) is 0 Å². The number of nitrogens with zero attached hydrogens (tertiary/aromatic N) is 2. The van der Waals surface area contributed by atoms with Gasteiger partial charge in [-0.25, -0.2) is 4.98 Å². The monoisotopic (exact) mass is 294 g/mol. The van der Waals surface area contributed by atoms with Crippen LogP contribution in [0.3, 0.4) is 0 Å². The predicted octanol–water partition coefficient (Wildman–Crippen LogP) is 2.42. The lowest BCUT2D eigenvalue weighted by Gasteiger charge is -2.16. The normalized spacial score (nSPS) is 25.2. The minimum atomic E-state index is 0.0613. The van der Waals surface area contributed by atoms with Crippen molar-refractivity contribution in [2.24, 2.45) is 11.8 Å². The molecule has 2 fully saturated rings. The molecule has 1 aromatic rings. The van der Waals surface area contributed by atoms with Crippen LogP contribution in [-0.2, 0) is 0 Å². The Morgan fingerprint density at radius 2 is 2.05 bits per heavy atom. The highest BCUT2D eigenvalue weighted by atomic mass is 32.1. The van der Waals surface area contributed by atoms with Gasteiger partial charge in [-0.2, -0.15) is 0 Å². The molecule has 5 nitrogen and oxygen atoms in total. The topological polar surface area (TPSA) is 71.2 Å². The molecule has 0 spiro atoms. The first-order valence-corrected chi connectivity index (χ1v) is 8.18. The maximum absolute atomic E-state index is 12.6. The number of amides is 1. The fraction of sp³-hybridized carbons (Fsp3) is 0.714. The molecule has 2 unspecified atom stereocenters. The van der Waals surface area contributed by atoms with Gasteiger partial charge in [-0.3, -0.25) is 4.79 Å². The van der Waals surface area contributed by atoms with E-state index in [0.717, 1.165) is 18.2 Å². The Balaban J connectivity index is 1.72. The van der Waals surface area contributed by atoms with Crippen molar-refractivity contribution in [2.45, 2.75) is 39.2 Å². The molecule has 0 aromatic carbocycles. The maximum Gasteiger partial charge on any atom is 0.267 e. The summed E-state index contributed by atoms with van der Waals surface area (Å²) in [5, 5.41) is 3.94. The second kappa shape index (κ2) is 5.24. The number of hydrogen-bond donors (Lipinski definition) is 2. The molecule has 1 aromatic heterocycles. The number of carbonyl (C=O) groups is 1. The fourth-order valence-electron chi connectivity index (χ4n) is 3.34. The molecular weight excluding hydrogens is 272 g/mol. The molecule has 0 bridgehead atoms. The Kier molecular flexibility index (Phi) is 3.58. The van der Waals surface area contributed by atoms with Crippen molar-refractivity contribution in [3.63, 3.8) is 0 Å². The highest BCUT2D eigenvalue weighted by Gasteiger charge is 2.39. The number of anilines is 2. The molecule has 2 heterocycles. The molecule has 1 amide bonds. The Morgan fingerprint density at radius 3 is 2.65 bits per heavy atom. The number of hydrogen-bond acceptors (Lipinski definition) is 5. The Morgan fingerprint density at radius 1 is 1.40 bits per heavy atom. The number of nitrogens with one attached hydrogen (secondary N) is 1. The third kappa shape index (κ3) is 2.49.